The minimum Gasteiger partial charge on any atom is -0.361 e. The quantitative estimate of drug-likeness (QED) is 0.528. The summed E-state index contributed by atoms with van der Waals surface area (Å²) in [6.45, 7) is 3.89. The highest BCUT2D eigenvalue weighted by molar-refractivity contribution is 7.89. The predicted molar refractivity (Wildman–Crippen MR) is 115 cm³/mol. The first kappa shape index (κ1) is 19.5. The molecule has 0 aliphatic carbocycles. The number of fused-ring (bicyclic) bond motifs is 2. The topological polar surface area (TPSA) is 88.9 Å². The van der Waals surface area contributed by atoms with Crippen molar-refractivity contribution in [2.45, 2.75) is 31.2 Å². The third kappa shape index (κ3) is 3.28. The number of nitrogens with zero attached hydrogens (tertiary/aromatic N) is 2. The number of nitrogens with one attached hydrogen (secondary N) is 2. The van der Waals surface area contributed by atoms with Gasteiger partial charge in [0.2, 0.25) is 10.0 Å². The second kappa shape index (κ2) is 6.89. The second-order valence-electron chi connectivity index (χ2n) is 7.59. The van der Waals surface area contributed by atoms with Gasteiger partial charge in [-0.2, -0.15) is 0 Å². The zero-order valence-corrected chi connectivity index (χ0v) is 17.7. The Labute approximate surface area is 169 Å². The molecule has 4 aromatic rings. The molecule has 0 fully saturated rings. The number of aromatic nitrogens is 3. The molecule has 29 heavy (non-hydrogen) atoms. The van der Waals surface area contributed by atoms with Crippen molar-refractivity contribution >= 4 is 32.0 Å². The van der Waals surface area contributed by atoms with Crippen molar-refractivity contribution in [1.82, 2.24) is 18.8 Å². The maximum Gasteiger partial charge on any atom is 0.328 e. The maximum absolute atomic E-state index is 12.9. The van der Waals surface area contributed by atoms with Crippen molar-refractivity contribution in [1.29, 1.82) is 0 Å². The van der Waals surface area contributed by atoms with E-state index in [0.717, 1.165) is 22.0 Å². The lowest BCUT2D eigenvalue weighted by molar-refractivity contribution is 0.560. The summed E-state index contributed by atoms with van der Waals surface area (Å²) in [7, 11) is -0.417. The van der Waals surface area contributed by atoms with Crippen LogP contribution in [-0.4, -0.2) is 28.6 Å². The van der Waals surface area contributed by atoms with Crippen molar-refractivity contribution in [2.24, 2.45) is 14.1 Å². The van der Waals surface area contributed by atoms with Gasteiger partial charge in [-0.05, 0) is 49.6 Å². The Morgan fingerprint density at radius 2 is 1.83 bits per heavy atom. The van der Waals surface area contributed by atoms with Crippen molar-refractivity contribution in [3.05, 3.63) is 64.2 Å². The predicted octanol–water partition coefficient (Wildman–Crippen LogP) is 2.58. The molecule has 0 unspecified atom stereocenters. The molecule has 0 bridgehead atoms. The SMILES string of the molecule is Cc1cccc2c(C[C@@H](C)NS(=O)(=O)c3ccc4c(c3)n(C)c(=O)n4C)c[nH]c12. The Kier molecular flexibility index (Phi) is 4.63. The van der Waals surface area contributed by atoms with Gasteiger partial charge in [0.15, 0.2) is 0 Å². The van der Waals surface area contributed by atoms with Crippen LogP contribution in [0.15, 0.2) is 52.3 Å². The number of sulfonamides is 1. The van der Waals surface area contributed by atoms with Crippen molar-refractivity contribution in [2.75, 3.05) is 0 Å². The molecule has 2 aromatic carbocycles. The summed E-state index contributed by atoms with van der Waals surface area (Å²) in [6.07, 6.45) is 2.50. The summed E-state index contributed by atoms with van der Waals surface area (Å²) < 4.78 is 31.6. The minimum absolute atomic E-state index is 0.146. The lowest BCUT2D eigenvalue weighted by Gasteiger charge is -2.14. The molecular weight excluding hydrogens is 388 g/mol. The molecule has 0 amide bonds. The summed E-state index contributed by atoms with van der Waals surface area (Å²) in [6, 6.07) is 10.5. The minimum atomic E-state index is -3.72. The number of hydrogen-bond donors (Lipinski definition) is 2. The molecule has 4 rings (SSSR count). The standard InChI is InChI=1S/C21H24N4O3S/c1-13-6-5-7-17-15(12-22-20(13)17)10-14(2)23-29(27,28)16-8-9-18-19(11-16)25(4)21(26)24(18)3/h5-9,11-12,14,22-23H,10H2,1-4H3/t14-/m1/s1. The molecule has 7 nitrogen and oxygen atoms in total. The number of para-hydroxylation sites is 1. The van der Waals surface area contributed by atoms with Crippen molar-refractivity contribution in [3.8, 4) is 0 Å². The Morgan fingerprint density at radius 3 is 2.59 bits per heavy atom. The third-order valence-corrected chi connectivity index (χ3v) is 7.03. The van der Waals surface area contributed by atoms with Gasteiger partial charge in [-0.1, -0.05) is 18.2 Å². The van der Waals surface area contributed by atoms with Gasteiger partial charge in [0.25, 0.3) is 0 Å². The first-order chi connectivity index (χ1) is 13.7. The monoisotopic (exact) mass is 412 g/mol. The molecule has 0 radical (unpaired) electrons. The molecule has 8 heteroatoms. The van der Waals surface area contributed by atoms with Crippen LogP contribution in [0.25, 0.3) is 21.9 Å². The normalized spacial score (nSPS) is 13.4. The molecule has 2 N–H and O–H groups in total. The van der Waals surface area contributed by atoms with Crippen LogP contribution in [-0.2, 0) is 30.5 Å². The van der Waals surface area contributed by atoms with Crippen LogP contribution in [0.3, 0.4) is 0 Å². The number of aryl methyl sites for hydroxylation is 3. The van der Waals surface area contributed by atoms with Gasteiger partial charge < -0.3 is 4.98 Å². The molecule has 2 aromatic heterocycles. The molecule has 1 atom stereocenters. The highest BCUT2D eigenvalue weighted by Gasteiger charge is 2.20. The fraction of sp³-hybridized carbons (Fsp3) is 0.286. The summed E-state index contributed by atoms with van der Waals surface area (Å²) in [5.74, 6) is 0. The van der Waals surface area contributed by atoms with E-state index in [1.54, 1.807) is 26.2 Å². The Balaban J connectivity index is 1.61. The van der Waals surface area contributed by atoms with Gasteiger partial charge >= 0.3 is 5.69 Å². The zero-order chi connectivity index (χ0) is 20.9. The molecule has 2 heterocycles. The van der Waals surface area contributed by atoms with Crippen LogP contribution < -0.4 is 10.4 Å². The lowest BCUT2D eigenvalue weighted by Crippen LogP contribution is -2.34. The van der Waals surface area contributed by atoms with Crippen molar-refractivity contribution < 1.29 is 8.42 Å². The van der Waals surface area contributed by atoms with Crippen molar-refractivity contribution in [3.63, 3.8) is 0 Å². The van der Waals surface area contributed by atoms with Crippen LogP contribution in [0.5, 0.6) is 0 Å². The van der Waals surface area contributed by atoms with E-state index in [-0.39, 0.29) is 16.6 Å². The van der Waals surface area contributed by atoms with Gasteiger partial charge in [0, 0.05) is 37.2 Å². The molecule has 0 saturated heterocycles. The first-order valence-electron chi connectivity index (χ1n) is 9.42. The van der Waals surface area contributed by atoms with E-state index in [9.17, 15) is 13.2 Å². The first-order valence-corrected chi connectivity index (χ1v) is 10.9. The molecule has 0 saturated carbocycles. The molecule has 152 valence electrons. The van der Waals surface area contributed by atoms with Gasteiger partial charge in [-0.3, -0.25) is 9.13 Å². The van der Waals surface area contributed by atoms with E-state index in [1.165, 1.54) is 15.2 Å². The van der Waals surface area contributed by atoms with E-state index >= 15 is 0 Å². The average Bonchev–Trinajstić information content (AvgIpc) is 3.17. The third-order valence-electron chi connectivity index (χ3n) is 5.45. The number of benzene rings is 2. The number of rotatable bonds is 5. The van der Waals surface area contributed by atoms with E-state index in [2.05, 4.69) is 9.71 Å². The van der Waals surface area contributed by atoms with Gasteiger partial charge in [0.05, 0.1) is 15.9 Å². The van der Waals surface area contributed by atoms with Crippen LogP contribution in [0.2, 0.25) is 0 Å². The molecular formula is C21H24N4O3S. The number of imidazole rings is 1. The largest absolute Gasteiger partial charge is 0.361 e. The highest BCUT2D eigenvalue weighted by Crippen LogP contribution is 2.23. The second-order valence-corrected chi connectivity index (χ2v) is 9.30. The molecule has 0 aliphatic rings. The van der Waals surface area contributed by atoms with Crippen LogP contribution in [0.4, 0.5) is 0 Å². The zero-order valence-electron chi connectivity index (χ0n) is 16.9. The number of hydrogen-bond acceptors (Lipinski definition) is 3. The van der Waals surface area contributed by atoms with Gasteiger partial charge in [0.1, 0.15) is 0 Å². The van der Waals surface area contributed by atoms with E-state index in [0.29, 0.717) is 17.5 Å². The Morgan fingerprint density at radius 1 is 1.10 bits per heavy atom. The van der Waals surface area contributed by atoms with E-state index in [1.807, 2.05) is 38.2 Å². The Hall–Kier alpha value is -2.84. The fourth-order valence-corrected chi connectivity index (χ4v) is 5.15. The summed E-state index contributed by atoms with van der Waals surface area (Å²) in [4.78, 5) is 15.5. The van der Waals surface area contributed by atoms with Crippen LogP contribution >= 0.6 is 0 Å². The number of aromatic amines is 1. The lowest BCUT2D eigenvalue weighted by atomic mass is 10.1. The molecule has 0 spiro atoms. The highest BCUT2D eigenvalue weighted by atomic mass is 32.2. The maximum atomic E-state index is 12.9. The van der Waals surface area contributed by atoms with Gasteiger partial charge in [-0.15, -0.1) is 0 Å². The number of H-pyrrole nitrogens is 1. The Bertz CT molecular complexity index is 1390. The smallest absolute Gasteiger partial charge is 0.328 e. The van der Waals surface area contributed by atoms with Crippen LogP contribution in [0.1, 0.15) is 18.1 Å². The summed E-state index contributed by atoms with van der Waals surface area (Å²) in [5, 5.41) is 1.11. The fourth-order valence-electron chi connectivity index (χ4n) is 3.89. The summed E-state index contributed by atoms with van der Waals surface area (Å²) in [5.41, 5.74) is 4.39. The van der Waals surface area contributed by atoms with Crippen LogP contribution in [0, 0.1) is 6.92 Å². The molecule has 0 aliphatic heterocycles. The summed E-state index contributed by atoms with van der Waals surface area (Å²) >= 11 is 0. The average molecular weight is 413 g/mol. The van der Waals surface area contributed by atoms with Gasteiger partial charge in [-0.25, -0.2) is 17.9 Å². The van der Waals surface area contributed by atoms with E-state index in [4.69, 9.17) is 0 Å². The van der Waals surface area contributed by atoms with E-state index < -0.39 is 10.0 Å².